The minimum absolute atomic E-state index is 0. The molecule has 0 unspecified atom stereocenters. The van der Waals surface area contributed by atoms with Crippen LogP contribution in [0.15, 0.2) is 18.2 Å². The van der Waals surface area contributed by atoms with E-state index in [9.17, 15) is 4.79 Å². The Morgan fingerprint density at radius 3 is 2.62 bits per heavy atom. The molecule has 1 aromatic carbocycles. The van der Waals surface area contributed by atoms with Crippen LogP contribution in [0.25, 0.3) is 0 Å². The molecule has 1 saturated heterocycles. The second-order valence-corrected chi connectivity index (χ2v) is 6.01. The minimum Gasteiger partial charge on any atom is -0.339 e. The predicted octanol–water partition coefficient (Wildman–Crippen LogP) is 3.88. The van der Waals surface area contributed by atoms with Gasteiger partial charge in [0, 0.05) is 18.1 Å². The molecule has 0 aromatic heterocycles. The Morgan fingerprint density at radius 2 is 2.00 bits per heavy atom. The van der Waals surface area contributed by atoms with Gasteiger partial charge in [-0.15, -0.1) is 12.4 Å². The zero-order valence-electron chi connectivity index (χ0n) is 12.1. The van der Waals surface area contributed by atoms with Crippen molar-refractivity contribution in [3.8, 4) is 0 Å². The second-order valence-electron chi connectivity index (χ2n) is 5.17. The van der Waals surface area contributed by atoms with Crippen LogP contribution in [0.1, 0.15) is 30.1 Å². The molecule has 0 radical (unpaired) electrons. The number of halogens is 3. The SMILES string of the molecule is CCNCC1CCN(C(=O)c2cc(Cl)ccc2Cl)CC1.Cl. The Morgan fingerprint density at radius 1 is 1.33 bits per heavy atom. The molecule has 1 heterocycles. The zero-order chi connectivity index (χ0) is 14.5. The molecule has 1 amide bonds. The molecule has 3 nitrogen and oxygen atoms in total. The summed E-state index contributed by atoms with van der Waals surface area (Å²) in [5, 5.41) is 4.38. The first kappa shape index (κ1) is 18.6. The molecule has 0 spiro atoms. The number of piperidine rings is 1. The average molecular weight is 352 g/mol. The summed E-state index contributed by atoms with van der Waals surface area (Å²) in [6.45, 7) is 5.73. The van der Waals surface area contributed by atoms with Gasteiger partial charge in [-0.05, 0) is 50.0 Å². The highest BCUT2D eigenvalue weighted by Crippen LogP contribution is 2.24. The number of amides is 1. The van der Waals surface area contributed by atoms with Gasteiger partial charge in [0.15, 0.2) is 0 Å². The fourth-order valence-corrected chi connectivity index (χ4v) is 2.89. The van der Waals surface area contributed by atoms with Crippen LogP contribution in [-0.4, -0.2) is 37.0 Å². The van der Waals surface area contributed by atoms with Crippen LogP contribution in [0.4, 0.5) is 0 Å². The van der Waals surface area contributed by atoms with E-state index in [0.717, 1.165) is 39.0 Å². The number of nitrogens with zero attached hydrogens (tertiary/aromatic N) is 1. The van der Waals surface area contributed by atoms with E-state index in [1.807, 2.05) is 4.90 Å². The smallest absolute Gasteiger partial charge is 0.255 e. The van der Waals surface area contributed by atoms with Crippen LogP contribution in [0.3, 0.4) is 0 Å². The maximum absolute atomic E-state index is 12.5. The third kappa shape index (κ3) is 5.03. The van der Waals surface area contributed by atoms with Crippen LogP contribution in [-0.2, 0) is 0 Å². The molecule has 0 saturated carbocycles. The first-order valence-corrected chi connectivity index (χ1v) is 7.82. The highest BCUT2D eigenvalue weighted by molar-refractivity contribution is 6.35. The summed E-state index contributed by atoms with van der Waals surface area (Å²) in [6.07, 6.45) is 2.08. The van der Waals surface area contributed by atoms with Gasteiger partial charge in [0.05, 0.1) is 10.6 Å². The van der Waals surface area contributed by atoms with Crippen molar-refractivity contribution in [1.82, 2.24) is 10.2 Å². The lowest BCUT2D eigenvalue weighted by Gasteiger charge is -2.32. The second kappa shape index (κ2) is 8.84. The van der Waals surface area contributed by atoms with E-state index in [2.05, 4.69) is 12.2 Å². The number of likely N-dealkylation sites (tertiary alicyclic amines) is 1. The Balaban J connectivity index is 0.00000220. The van der Waals surface area contributed by atoms with Crippen LogP contribution in [0, 0.1) is 5.92 Å². The summed E-state index contributed by atoms with van der Waals surface area (Å²) in [6, 6.07) is 5.02. The molecule has 1 N–H and O–H groups in total. The summed E-state index contributed by atoms with van der Waals surface area (Å²) in [5.74, 6) is 0.647. The van der Waals surface area contributed by atoms with E-state index < -0.39 is 0 Å². The van der Waals surface area contributed by atoms with Crippen molar-refractivity contribution < 1.29 is 4.79 Å². The topological polar surface area (TPSA) is 32.3 Å². The summed E-state index contributed by atoms with van der Waals surface area (Å²) in [5.41, 5.74) is 0.504. The number of rotatable bonds is 4. The van der Waals surface area contributed by atoms with E-state index >= 15 is 0 Å². The molecular formula is C15H21Cl3N2O. The summed E-state index contributed by atoms with van der Waals surface area (Å²) in [7, 11) is 0. The van der Waals surface area contributed by atoms with Gasteiger partial charge in [0.1, 0.15) is 0 Å². The molecule has 2 rings (SSSR count). The van der Waals surface area contributed by atoms with Crippen LogP contribution >= 0.6 is 35.6 Å². The van der Waals surface area contributed by atoms with Crippen LogP contribution < -0.4 is 5.32 Å². The summed E-state index contributed by atoms with van der Waals surface area (Å²) in [4.78, 5) is 14.3. The Bertz CT molecular complexity index is 474. The summed E-state index contributed by atoms with van der Waals surface area (Å²) >= 11 is 12.0. The van der Waals surface area contributed by atoms with Gasteiger partial charge < -0.3 is 10.2 Å². The van der Waals surface area contributed by atoms with Crippen LogP contribution in [0.2, 0.25) is 10.0 Å². The molecule has 0 bridgehead atoms. The maximum Gasteiger partial charge on any atom is 0.255 e. The van der Waals surface area contributed by atoms with E-state index in [-0.39, 0.29) is 18.3 Å². The van der Waals surface area contributed by atoms with Gasteiger partial charge in [-0.25, -0.2) is 0 Å². The van der Waals surface area contributed by atoms with E-state index in [1.54, 1.807) is 18.2 Å². The van der Waals surface area contributed by atoms with Gasteiger partial charge >= 0.3 is 0 Å². The minimum atomic E-state index is -0.0144. The monoisotopic (exact) mass is 350 g/mol. The number of carbonyl (C=O) groups excluding carboxylic acids is 1. The Kier molecular flexibility index (Phi) is 7.82. The third-order valence-electron chi connectivity index (χ3n) is 3.74. The molecule has 0 atom stereocenters. The molecule has 21 heavy (non-hydrogen) atoms. The molecule has 1 fully saturated rings. The first-order chi connectivity index (χ1) is 9.61. The molecule has 1 aromatic rings. The first-order valence-electron chi connectivity index (χ1n) is 7.07. The van der Waals surface area contributed by atoms with Crippen molar-refractivity contribution in [1.29, 1.82) is 0 Å². The fraction of sp³-hybridized carbons (Fsp3) is 0.533. The van der Waals surface area contributed by atoms with Gasteiger partial charge in [0.2, 0.25) is 0 Å². The Labute approximate surface area is 142 Å². The highest BCUT2D eigenvalue weighted by atomic mass is 35.5. The highest BCUT2D eigenvalue weighted by Gasteiger charge is 2.24. The lowest BCUT2D eigenvalue weighted by molar-refractivity contribution is 0.0690. The van der Waals surface area contributed by atoms with Gasteiger partial charge in [-0.3, -0.25) is 4.79 Å². The molecule has 118 valence electrons. The maximum atomic E-state index is 12.5. The van der Waals surface area contributed by atoms with Crippen molar-refractivity contribution in [3.05, 3.63) is 33.8 Å². The number of benzene rings is 1. The van der Waals surface area contributed by atoms with E-state index in [1.165, 1.54) is 0 Å². The van der Waals surface area contributed by atoms with Gasteiger partial charge in [-0.2, -0.15) is 0 Å². The van der Waals surface area contributed by atoms with Crippen molar-refractivity contribution >= 4 is 41.5 Å². The van der Waals surface area contributed by atoms with E-state index in [4.69, 9.17) is 23.2 Å². The lowest BCUT2D eigenvalue weighted by atomic mass is 9.96. The van der Waals surface area contributed by atoms with E-state index in [0.29, 0.717) is 21.5 Å². The van der Waals surface area contributed by atoms with Gasteiger partial charge in [-0.1, -0.05) is 30.1 Å². The normalized spacial score (nSPS) is 15.7. The van der Waals surface area contributed by atoms with Crippen molar-refractivity contribution in [3.63, 3.8) is 0 Å². The molecule has 1 aliphatic heterocycles. The molecule has 1 aliphatic rings. The predicted molar refractivity (Wildman–Crippen MR) is 90.9 cm³/mol. The zero-order valence-corrected chi connectivity index (χ0v) is 14.4. The summed E-state index contributed by atoms with van der Waals surface area (Å²) < 4.78 is 0. The van der Waals surface area contributed by atoms with Crippen molar-refractivity contribution in [2.75, 3.05) is 26.2 Å². The third-order valence-corrected chi connectivity index (χ3v) is 4.31. The van der Waals surface area contributed by atoms with Crippen molar-refractivity contribution in [2.24, 2.45) is 5.92 Å². The largest absolute Gasteiger partial charge is 0.339 e. The molecular weight excluding hydrogens is 331 g/mol. The standard InChI is InChI=1S/C15H20Cl2N2O.ClH/c1-2-18-10-11-5-7-19(8-6-11)15(20)13-9-12(16)3-4-14(13)17;/h3-4,9,11,18H,2,5-8,10H2,1H3;1H. The average Bonchev–Trinajstić information content (AvgIpc) is 2.47. The lowest BCUT2D eigenvalue weighted by Crippen LogP contribution is -2.40. The Hall–Kier alpha value is -0.480. The van der Waals surface area contributed by atoms with Gasteiger partial charge in [0.25, 0.3) is 5.91 Å². The van der Waals surface area contributed by atoms with Crippen LogP contribution in [0.5, 0.6) is 0 Å². The molecule has 0 aliphatic carbocycles. The number of nitrogens with one attached hydrogen (secondary N) is 1. The fourth-order valence-electron chi connectivity index (χ4n) is 2.52. The van der Waals surface area contributed by atoms with Crippen molar-refractivity contribution in [2.45, 2.75) is 19.8 Å². The number of carbonyl (C=O) groups is 1. The molecule has 6 heteroatoms. The quantitative estimate of drug-likeness (QED) is 0.893. The number of hydrogen-bond acceptors (Lipinski definition) is 2. The number of hydrogen-bond donors (Lipinski definition) is 1.